The fourth-order valence-corrected chi connectivity index (χ4v) is 3.38. The van der Waals surface area contributed by atoms with Crippen LogP contribution >= 0.6 is 0 Å². The SMILES string of the molecule is O=C(Nc1ccc2c(c1)OCCO2)c1nnn2c1COC(c1ccc(F)cc1)C2. The van der Waals surface area contributed by atoms with Gasteiger partial charge >= 0.3 is 0 Å². The Morgan fingerprint density at radius 1 is 1.10 bits per heavy atom. The van der Waals surface area contributed by atoms with Crippen LogP contribution in [-0.2, 0) is 17.9 Å². The lowest BCUT2D eigenvalue weighted by atomic mass is 10.1. The molecule has 1 aromatic heterocycles. The van der Waals surface area contributed by atoms with Crippen LogP contribution in [0.5, 0.6) is 11.5 Å². The topological polar surface area (TPSA) is 87.5 Å². The molecule has 2 aliphatic rings. The van der Waals surface area contributed by atoms with E-state index in [1.54, 1.807) is 35.0 Å². The second-order valence-electron chi connectivity index (χ2n) is 6.73. The number of nitrogens with one attached hydrogen (secondary N) is 1. The van der Waals surface area contributed by atoms with Crippen molar-refractivity contribution in [2.45, 2.75) is 19.3 Å². The first-order valence-corrected chi connectivity index (χ1v) is 9.18. The highest BCUT2D eigenvalue weighted by atomic mass is 19.1. The van der Waals surface area contributed by atoms with E-state index in [9.17, 15) is 9.18 Å². The Labute approximate surface area is 165 Å². The van der Waals surface area contributed by atoms with E-state index in [2.05, 4.69) is 15.6 Å². The molecule has 3 heterocycles. The third-order valence-electron chi connectivity index (χ3n) is 4.85. The Morgan fingerprint density at radius 2 is 1.90 bits per heavy atom. The lowest BCUT2D eigenvalue weighted by molar-refractivity contribution is -0.00174. The molecule has 9 heteroatoms. The Hall–Kier alpha value is -3.46. The second kappa shape index (κ2) is 7.17. The average molecular weight is 396 g/mol. The van der Waals surface area contributed by atoms with Crippen LogP contribution in [0, 0.1) is 5.82 Å². The van der Waals surface area contributed by atoms with Crippen LogP contribution in [0.1, 0.15) is 27.8 Å². The van der Waals surface area contributed by atoms with Crippen molar-refractivity contribution in [3.63, 3.8) is 0 Å². The summed E-state index contributed by atoms with van der Waals surface area (Å²) in [5.74, 6) is 0.552. The summed E-state index contributed by atoms with van der Waals surface area (Å²) < 4.78 is 31.7. The summed E-state index contributed by atoms with van der Waals surface area (Å²) in [5.41, 5.74) is 2.22. The molecule has 0 radical (unpaired) electrons. The largest absolute Gasteiger partial charge is 0.486 e. The van der Waals surface area contributed by atoms with Crippen molar-refractivity contribution in [2.24, 2.45) is 0 Å². The Balaban J connectivity index is 1.32. The normalized spacial score (nSPS) is 17.5. The van der Waals surface area contributed by atoms with Crippen LogP contribution in [0.4, 0.5) is 10.1 Å². The molecule has 1 N–H and O–H groups in total. The number of anilines is 1. The highest BCUT2D eigenvalue weighted by Crippen LogP contribution is 2.33. The van der Waals surface area contributed by atoms with Gasteiger partial charge in [-0.05, 0) is 29.8 Å². The monoisotopic (exact) mass is 396 g/mol. The molecule has 0 fully saturated rings. The van der Waals surface area contributed by atoms with E-state index < -0.39 is 0 Å². The summed E-state index contributed by atoms with van der Waals surface area (Å²) in [6.07, 6.45) is -0.279. The number of ether oxygens (including phenoxy) is 3. The van der Waals surface area contributed by atoms with Gasteiger partial charge in [0.2, 0.25) is 0 Å². The van der Waals surface area contributed by atoms with Crippen LogP contribution in [0.15, 0.2) is 42.5 Å². The first-order valence-electron chi connectivity index (χ1n) is 9.18. The quantitative estimate of drug-likeness (QED) is 0.733. The Kier molecular flexibility index (Phi) is 4.36. The number of fused-ring (bicyclic) bond motifs is 2. The van der Waals surface area contributed by atoms with E-state index >= 15 is 0 Å². The van der Waals surface area contributed by atoms with E-state index in [1.165, 1.54) is 12.1 Å². The lowest BCUT2D eigenvalue weighted by Crippen LogP contribution is -2.24. The molecule has 0 saturated carbocycles. The molecule has 1 atom stereocenters. The fraction of sp³-hybridized carbons (Fsp3) is 0.250. The summed E-state index contributed by atoms with van der Waals surface area (Å²) >= 11 is 0. The van der Waals surface area contributed by atoms with E-state index in [1.807, 2.05) is 0 Å². The highest BCUT2D eigenvalue weighted by Gasteiger charge is 2.28. The molecule has 29 heavy (non-hydrogen) atoms. The minimum Gasteiger partial charge on any atom is -0.486 e. The first-order chi connectivity index (χ1) is 14.2. The summed E-state index contributed by atoms with van der Waals surface area (Å²) in [6, 6.07) is 11.3. The van der Waals surface area contributed by atoms with Gasteiger partial charge in [-0.1, -0.05) is 17.3 Å². The summed E-state index contributed by atoms with van der Waals surface area (Å²) in [7, 11) is 0. The molecule has 148 valence electrons. The number of hydrogen-bond donors (Lipinski definition) is 1. The number of benzene rings is 2. The minimum absolute atomic E-state index is 0.179. The van der Waals surface area contributed by atoms with Crippen molar-refractivity contribution in [1.29, 1.82) is 0 Å². The molecule has 2 aromatic carbocycles. The van der Waals surface area contributed by atoms with E-state index in [0.717, 1.165) is 5.56 Å². The predicted molar refractivity (Wildman–Crippen MR) is 99.3 cm³/mol. The van der Waals surface area contributed by atoms with Gasteiger partial charge in [0.1, 0.15) is 25.1 Å². The van der Waals surface area contributed by atoms with E-state index in [-0.39, 0.29) is 30.1 Å². The van der Waals surface area contributed by atoms with Crippen LogP contribution in [-0.4, -0.2) is 34.1 Å². The van der Waals surface area contributed by atoms with Crippen molar-refractivity contribution in [3.8, 4) is 11.5 Å². The molecular weight excluding hydrogens is 379 g/mol. The predicted octanol–water partition coefficient (Wildman–Crippen LogP) is 2.71. The number of carbonyl (C=O) groups is 1. The maximum Gasteiger partial charge on any atom is 0.278 e. The number of halogens is 1. The maximum atomic E-state index is 13.1. The third kappa shape index (κ3) is 3.40. The highest BCUT2D eigenvalue weighted by molar-refractivity contribution is 6.03. The van der Waals surface area contributed by atoms with Gasteiger partial charge < -0.3 is 19.5 Å². The molecule has 5 rings (SSSR count). The van der Waals surface area contributed by atoms with Crippen molar-refractivity contribution >= 4 is 11.6 Å². The minimum atomic E-state index is -0.383. The second-order valence-corrected chi connectivity index (χ2v) is 6.73. The van der Waals surface area contributed by atoms with Crippen molar-refractivity contribution in [1.82, 2.24) is 15.0 Å². The summed E-state index contributed by atoms with van der Waals surface area (Å²) in [6.45, 7) is 1.55. The van der Waals surface area contributed by atoms with Crippen LogP contribution in [0.3, 0.4) is 0 Å². The molecule has 3 aromatic rings. The van der Waals surface area contributed by atoms with Gasteiger partial charge in [-0.15, -0.1) is 5.10 Å². The van der Waals surface area contributed by atoms with Gasteiger partial charge in [0.25, 0.3) is 5.91 Å². The molecule has 8 nitrogen and oxygen atoms in total. The van der Waals surface area contributed by atoms with Crippen molar-refractivity contribution < 1.29 is 23.4 Å². The van der Waals surface area contributed by atoms with Gasteiger partial charge in [0.05, 0.1) is 18.8 Å². The molecule has 0 bridgehead atoms. The lowest BCUT2D eigenvalue weighted by Gasteiger charge is -2.24. The first kappa shape index (κ1) is 17.6. The summed E-state index contributed by atoms with van der Waals surface area (Å²) in [5, 5.41) is 10.9. The standard InChI is InChI=1S/C20H17FN4O4/c21-13-3-1-12(2-4-13)18-10-25-15(11-29-18)19(23-24-25)20(26)22-14-5-6-16-17(9-14)28-8-7-27-16/h1-6,9,18H,7-8,10-11H2,(H,22,26). The number of rotatable bonds is 3. The average Bonchev–Trinajstić information content (AvgIpc) is 3.17. The van der Waals surface area contributed by atoms with E-state index in [4.69, 9.17) is 14.2 Å². The smallest absolute Gasteiger partial charge is 0.278 e. The zero-order valence-electron chi connectivity index (χ0n) is 15.3. The van der Waals surface area contributed by atoms with Crippen LogP contribution in [0.2, 0.25) is 0 Å². The molecular formula is C20H17FN4O4. The molecule has 2 aliphatic heterocycles. The fourth-order valence-electron chi connectivity index (χ4n) is 3.38. The number of carbonyl (C=O) groups excluding carboxylic acids is 1. The van der Waals surface area contributed by atoms with Gasteiger partial charge in [-0.3, -0.25) is 4.79 Å². The van der Waals surface area contributed by atoms with Crippen LogP contribution in [0.25, 0.3) is 0 Å². The zero-order valence-corrected chi connectivity index (χ0v) is 15.3. The molecule has 0 aliphatic carbocycles. The van der Waals surface area contributed by atoms with E-state index in [0.29, 0.717) is 42.6 Å². The number of hydrogen-bond acceptors (Lipinski definition) is 6. The maximum absolute atomic E-state index is 13.1. The summed E-state index contributed by atoms with van der Waals surface area (Å²) in [4.78, 5) is 12.7. The van der Waals surface area contributed by atoms with Gasteiger partial charge in [-0.25, -0.2) is 9.07 Å². The van der Waals surface area contributed by atoms with Gasteiger partial charge in [0.15, 0.2) is 17.2 Å². The van der Waals surface area contributed by atoms with Crippen LogP contribution < -0.4 is 14.8 Å². The Bertz CT molecular complexity index is 1070. The third-order valence-corrected chi connectivity index (χ3v) is 4.85. The molecule has 0 spiro atoms. The molecule has 1 amide bonds. The van der Waals surface area contributed by atoms with Gasteiger partial charge in [0, 0.05) is 11.8 Å². The van der Waals surface area contributed by atoms with Gasteiger partial charge in [-0.2, -0.15) is 0 Å². The van der Waals surface area contributed by atoms with Crippen molar-refractivity contribution in [2.75, 3.05) is 18.5 Å². The number of aromatic nitrogens is 3. The van der Waals surface area contributed by atoms with Crippen molar-refractivity contribution in [3.05, 3.63) is 65.2 Å². The number of amides is 1. The number of nitrogens with zero attached hydrogens (tertiary/aromatic N) is 3. The zero-order chi connectivity index (χ0) is 19.8. The molecule has 1 unspecified atom stereocenters. The Morgan fingerprint density at radius 3 is 2.72 bits per heavy atom. The molecule has 0 saturated heterocycles.